The molecule has 0 radical (unpaired) electrons. The van der Waals surface area contributed by atoms with Crippen LogP contribution in [0.4, 0.5) is 0 Å². The van der Waals surface area contributed by atoms with Gasteiger partial charge in [-0.25, -0.2) is 4.68 Å². The molecule has 1 aliphatic rings. The Morgan fingerprint density at radius 1 is 1.17 bits per heavy atom. The second-order valence-corrected chi connectivity index (χ2v) is 4.55. The van der Waals surface area contributed by atoms with E-state index in [9.17, 15) is 0 Å². The van der Waals surface area contributed by atoms with Crippen LogP contribution in [-0.4, -0.2) is 16.9 Å². The number of hydrogen-bond acceptors (Lipinski definition) is 2. The molecule has 18 heavy (non-hydrogen) atoms. The average Bonchev–Trinajstić information content (AvgIpc) is 2.93. The normalized spacial score (nSPS) is 12.5. The molecule has 0 spiro atoms. The van der Waals surface area contributed by atoms with Gasteiger partial charge in [-0.3, -0.25) is 0 Å². The molecule has 1 aliphatic heterocycles. The summed E-state index contributed by atoms with van der Waals surface area (Å²) in [4.78, 5) is 0. The van der Waals surface area contributed by atoms with Gasteiger partial charge in [0.15, 0.2) is 0 Å². The van der Waals surface area contributed by atoms with Gasteiger partial charge in [-0.2, -0.15) is 5.10 Å². The van der Waals surface area contributed by atoms with Crippen molar-refractivity contribution in [2.75, 3.05) is 7.11 Å². The van der Waals surface area contributed by atoms with Crippen LogP contribution in [0.15, 0.2) is 42.5 Å². The number of benzene rings is 2. The fraction of sp³-hybridized carbons (Fsp3) is 0.133. The van der Waals surface area contributed by atoms with Crippen molar-refractivity contribution in [2.45, 2.75) is 6.42 Å². The SMILES string of the molecule is COc1ccc2c(c1)Cc1c3ccccc3nn1-2. The number of aromatic nitrogens is 2. The molecule has 88 valence electrons. The van der Waals surface area contributed by atoms with Crippen LogP contribution in [0.2, 0.25) is 0 Å². The van der Waals surface area contributed by atoms with Crippen molar-refractivity contribution >= 4 is 10.9 Å². The Bertz CT molecular complexity index is 758. The van der Waals surface area contributed by atoms with E-state index >= 15 is 0 Å². The molecule has 3 heteroatoms. The average molecular weight is 236 g/mol. The zero-order chi connectivity index (χ0) is 12.1. The minimum Gasteiger partial charge on any atom is -0.497 e. The summed E-state index contributed by atoms with van der Waals surface area (Å²) in [5, 5.41) is 5.91. The van der Waals surface area contributed by atoms with E-state index in [0.29, 0.717) is 0 Å². The number of nitrogens with zero attached hydrogens (tertiary/aromatic N) is 2. The van der Waals surface area contributed by atoms with E-state index in [1.54, 1.807) is 7.11 Å². The second-order valence-electron chi connectivity index (χ2n) is 4.55. The van der Waals surface area contributed by atoms with E-state index in [1.807, 2.05) is 12.1 Å². The van der Waals surface area contributed by atoms with Crippen molar-refractivity contribution in [3.05, 3.63) is 53.7 Å². The number of fused-ring (bicyclic) bond motifs is 5. The van der Waals surface area contributed by atoms with Crippen LogP contribution in [0.3, 0.4) is 0 Å². The Kier molecular flexibility index (Phi) is 1.81. The summed E-state index contributed by atoms with van der Waals surface area (Å²) in [6.07, 6.45) is 0.924. The van der Waals surface area contributed by atoms with Crippen LogP contribution in [0, 0.1) is 0 Å². The second kappa shape index (κ2) is 3.35. The summed E-state index contributed by atoms with van der Waals surface area (Å²) in [6, 6.07) is 14.4. The van der Waals surface area contributed by atoms with Crippen LogP contribution < -0.4 is 4.74 Å². The van der Waals surface area contributed by atoms with Gasteiger partial charge in [0.25, 0.3) is 0 Å². The zero-order valence-electron chi connectivity index (χ0n) is 10.1. The number of methoxy groups -OCH3 is 1. The van der Waals surface area contributed by atoms with E-state index in [-0.39, 0.29) is 0 Å². The molecule has 0 bridgehead atoms. The fourth-order valence-electron chi connectivity index (χ4n) is 2.67. The molecule has 2 heterocycles. The highest BCUT2D eigenvalue weighted by Gasteiger charge is 2.22. The largest absolute Gasteiger partial charge is 0.497 e. The van der Waals surface area contributed by atoms with Gasteiger partial charge in [-0.05, 0) is 29.8 Å². The predicted molar refractivity (Wildman–Crippen MR) is 70.4 cm³/mol. The molecule has 0 fully saturated rings. The summed E-state index contributed by atoms with van der Waals surface area (Å²) in [6.45, 7) is 0. The molecule has 0 unspecified atom stereocenters. The summed E-state index contributed by atoms with van der Waals surface area (Å²) >= 11 is 0. The number of hydrogen-bond donors (Lipinski definition) is 0. The maximum absolute atomic E-state index is 5.27. The van der Waals surface area contributed by atoms with Crippen LogP contribution in [0.1, 0.15) is 11.3 Å². The molecule has 0 atom stereocenters. The Hall–Kier alpha value is -2.29. The van der Waals surface area contributed by atoms with Gasteiger partial charge in [0.05, 0.1) is 24.0 Å². The van der Waals surface area contributed by atoms with Crippen LogP contribution in [0.5, 0.6) is 5.75 Å². The van der Waals surface area contributed by atoms with Gasteiger partial charge < -0.3 is 4.74 Å². The fourth-order valence-corrected chi connectivity index (χ4v) is 2.67. The summed E-state index contributed by atoms with van der Waals surface area (Å²) in [5.41, 5.74) is 4.78. The van der Waals surface area contributed by atoms with Gasteiger partial charge in [0.1, 0.15) is 5.75 Å². The van der Waals surface area contributed by atoms with E-state index in [1.165, 1.54) is 22.3 Å². The molecule has 1 aromatic heterocycles. The van der Waals surface area contributed by atoms with Crippen molar-refractivity contribution < 1.29 is 4.74 Å². The standard InChI is InChI=1S/C15H12N2O/c1-18-11-6-7-14-10(8-11)9-15-12-4-2-3-5-13(12)16-17(14)15/h2-8H,9H2,1H3. The lowest BCUT2D eigenvalue weighted by Gasteiger charge is -2.03. The van der Waals surface area contributed by atoms with Crippen molar-refractivity contribution in [2.24, 2.45) is 0 Å². The van der Waals surface area contributed by atoms with Crippen molar-refractivity contribution in [3.63, 3.8) is 0 Å². The molecule has 0 amide bonds. The van der Waals surface area contributed by atoms with E-state index in [4.69, 9.17) is 4.74 Å². The Morgan fingerprint density at radius 3 is 2.94 bits per heavy atom. The van der Waals surface area contributed by atoms with Crippen LogP contribution >= 0.6 is 0 Å². The van der Waals surface area contributed by atoms with Gasteiger partial charge in [0.2, 0.25) is 0 Å². The van der Waals surface area contributed by atoms with Gasteiger partial charge in [-0.15, -0.1) is 0 Å². The van der Waals surface area contributed by atoms with Gasteiger partial charge in [-0.1, -0.05) is 18.2 Å². The van der Waals surface area contributed by atoms with Gasteiger partial charge in [0, 0.05) is 11.8 Å². The lowest BCUT2D eigenvalue weighted by Crippen LogP contribution is -1.94. The van der Waals surface area contributed by atoms with Crippen molar-refractivity contribution in [3.8, 4) is 11.4 Å². The molecule has 3 nitrogen and oxygen atoms in total. The van der Waals surface area contributed by atoms with Crippen molar-refractivity contribution in [1.29, 1.82) is 0 Å². The maximum Gasteiger partial charge on any atom is 0.119 e. The minimum absolute atomic E-state index is 0.906. The van der Waals surface area contributed by atoms with E-state index < -0.39 is 0 Å². The highest BCUT2D eigenvalue weighted by atomic mass is 16.5. The van der Waals surface area contributed by atoms with Crippen LogP contribution in [0.25, 0.3) is 16.6 Å². The molecular formula is C15H12N2O. The third-order valence-corrected chi connectivity index (χ3v) is 3.55. The third-order valence-electron chi connectivity index (χ3n) is 3.55. The Labute approximate surface area is 105 Å². The summed E-state index contributed by atoms with van der Waals surface area (Å²) in [7, 11) is 1.70. The molecular weight excluding hydrogens is 224 g/mol. The molecule has 0 aliphatic carbocycles. The molecule has 0 saturated carbocycles. The molecule has 0 N–H and O–H groups in total. The first-order valence-electron chi connectivity index (χ1n) is 6.01. The zero-order valence-corrected chi connectivity index (χ0v) is 10.1. The molecule has 2 aromatic carbocycles. The highest BCUT2D eigenvalue weighted by molar-refractivity contribution is 5.84. The number of ether oxygens (including phenoxy) is 1. The molecule has 4 rings (SSSR count). The van der Waals surface area contributed by atoms with Crippen molar-refractivity contribution in [1.82, 2.24) is 9.78 Å². The van der Waals surface area contributed by atoms with E-state index in [0.717, 1.165) is 17.7 Å². The first-order valence-corrected chi connectivity index (χ1v) is 6.01. The quantitative estimate of drug-likeness (QED) is 0.508. The summed E-state index contributed by atoms with van der Waals surface area (Å²) in [5.74, 6) is 0.906. The lowest BCUT2D eigenvalue weighted by atomic mass is 10.1. The Balaban J connectivity index is 1.98. The van der Waals surface area contributed by atoms with E-state index in [2.05, 4.69) is 40.1 Å². The monoisotopic (exact) mass is 236 g/mol. The third kappa shape index (κ3) is 1.16. The number of rotatable bonds is 1. The summed E-state index contributed by atoms with van der Waals surface area (Å²) < 4.78 is 7.33. The first kappa shape index (κ1) is 9.71. The smallest absolute Gasteiger partial charge is 0.119 e. The molecule has 3 aromatic rings. The maximum atomic E-state index is 5.27. The predicted octanol–water partition coefficient (Wildman–Crippen LogP) is 2.94. The molecule has 0 saturated heterocycles. The van der Waals surface area contributed by atoms with Crippen LogP contribution in [-0.2, 0) is 6.42 Å². The lowest BCUT2D eigenvalue weighted by molar-refractivity contribution is 0.414. The Morgan fingerprint density at radius 2 is 2.06 bits per heavy atom. The first-order chi connectivity index (χ1) is 8.86. The van der Waals surface area contributed by atoms with Gasteiger partial charge >= 0.3 is 0 Å². The minimum atomic E-state index is 0.906. The topological polar surface area (TPSA) is 27.1 Å². The highest BCUT2D eigenvalue weighted by Crippen LogP contribution is 2.34.